The fourth-order valence-electron chi connectivity index (χ4n) is 3.19. The minimum atomic E-state index is -0.476. The van der Waals surface area contributed by atoms with Crippen molar-refractivity contribution in [2.45, 2.75) is 38.1 Å². The highest BCUT2D eigenvalue weighted by Gasteiger charge is 2.23. The van der Waals surface area contributed by atoms with Gasteiger partial charge in [-0.15, -0.1) is 0 Å². The lowest BCUT2D eigenvalue weighted by Crippen LogP contribution is -2.39. The van der Waals surface area contributed by atoms with E-state index in [2.05, 4.69) is 5.32 Å². The number of pyridine rings is 1. The van der Waals surface area contributed by atoms with Gasteiger partial charge in [0.05, 0.1) is 5.52 Å². The molecule has 0 saturated heterocycles. The lowest BCUT2D eigenvalue weighted by molar-refractivity contribution is 0.0923. The first-order chi connectivity index (χ1) is 10.6. The molecule has 2 aromatic rings. The maximum Gasteiger partial charge on any atom is 0.267 e. The molecule has 116 valence electrons. The van der Waals surface area contributed by atoms with Crippen LogP contribution in [0.4, 0.5) is 0 Å². The van der Waals surface area contributed by atoms with Crippen molar-refractivity contribution in [3.05, 3.63) is 40.2 Å². The molecule has 1 amide bonds. The fourth-order valence-corrected chi connectivity index (χ4v) is 3.19. The molecule has 1 aliphatic carbocycles. The Morgan fingerprint density at radius 2 is 1.91 bits per heavy atom. The van der Waals surface area contributed by atoms with Crippen LogP contribution in [0.15, 0.2) is 29.1 Å². The molecular weight excluding hydrogens is 280 g/mol. The fraction of sp³-hybridized carbons (Fsp3) is 0.412. The van der Waals surface area contributed by atoms with Crippen molar-refractivity contribution in [1.82, 2.24) is 9.88 Å². The number of fused-ring (bicyclic) bond motifs is 1. The Labute approximate surface area is 128 Å². The van der Waals surface area contributed by atoms with Gasteiger partial charge in [-0.05, 0) is 25.0 Å². The Bertz CT molecular complexity index is 773. The van der Waals surface area contributed by atoms with Crippen molar-refractivity contribution in [3.63, 3.8) is 0 Å². The molecule has 0 aliphatic heterocycles. The molecular formula is C17H20N2O3. The summed E-state index contributed by atoms with van der Waals surface area (Å²) < 4.78 is 1.41. The Morgan fingerprint density at radius 3 is 2.64 bits per heavy atom. The van der Waals surface area contributed by atoms with Crippen molar-refractivity contribution >= 4 is 16.8 Å². The van der Waals surface area contributed by atoms with Crippen LogP contribution in [-0.4, -0.2) is 21.6 Å². The van der Waals surface area contributed by atoms with Crippen molar-refractivity contribution in [3.8, 4) is 5.75 Å². The number of amides is 1. The van der Waals surface area contributed by atoms with E-state index in [1.807, 2.05) is 0 Å². The van der Waals surface area contributed by atoms with Crippen LogP contribution in [0.25, 0.3) is 10.9 Å². The first-order valence-electron chi connectivity index (χ1n) is 7.71. The Kier molecular flexibility index (Phi) is 3.88. The number of hydrogen-bond donors (Lipinski definition) is 2. The van der Waals surface area contributed by atoms with Crippen LogP contribution in [0, 0.1) is 0 Å². The molecule has 0 spiro atoms. The summed E-state index contributed by atoms with van der Waals surface area (Å²) in [4.78, 5) is 24.9. The highest BCUT2D eigenvalue weighted by molar-refractivity contribution is 6.02. The average molecular weight is 300 g/mol. The number of nitrogens with zero attached hydrogens (tertiary/aromatic N) is 1. The molecule has 0 radical (unpaired) electrons. The molecule has 1 aromatic carbocycles. The summed E-state index contributed by atoms with van der Waals surface area (Å²) >= 11 is 0. The lowest BCUT2D eigenvalue weighted by atomic mass is 9.95. The largest absolute Gasteiger partial charge is 0.506 e. The van der Waals surface area contributed by atoms with Crippen LogP contribution in [0.3, 0.4) is 0 Å². The zero-order valence-corrected chi connectivity index (χ0v) is 12.6. The van der Waals surface area contributed by atoms with Crippen LogP contribution in [-0.2, 0) is 7.05 Å². The third kappa shape index (κ3) is 2.47. The summed E-state index contributed by atoms with van der Waals surface area (Å²) in [5, 5.41) is 13.8. The van der Waals surface area contributed by atoms with Crippen LogP contribution in [0.5, 0.6) is 5.75 Å². The Hall–Kier alpha value is -2.30. The number of carbonyl (C=O) groups is 1. The molecule has 0 unspecified atom stereocenters. The van der Waals surface area contributed by atoms with Gasteiger partial charge in [-0.2, -0.15) is 0 Å². The standard InChI is InChI=1S/C17H20N2O3/c1-19-13-10-6-5-9-12(13)15(20)14(17(19)22)16(21)18-11-7-3-2-4-8-11/h5-6,9-11,20H,2-4,7-8H2,1H3,(H,18,21). The van der Waals surface area contributed by atoms with E-state index in [-0.39, 0.29) is 17.4 Å². The van der Waals surface area contributed by atoms with Gasteiger partial charge in [0.2, 0.25) is 0 Å². The van der Waals surface area contributed by atoms with Gasteiger partial charge in [-0.3, -0.25) is 9.59 Å². The molecule has 5 nitrogen and oxygen atoms in total. The zero-order valence-electron chi connectivity index (χ0n) is 12.6. The molecule has 5 heteroatoms. The number of aryl methyl sites for hydroxylation is 1. The van der Waals surface area contributed by atoms with Gasteiger partial charge >= 0.3 is 0 Å². The molecule has 1 heterocycles. The van der Waals surface area contributed by atoms with Gasteiger partial charge in [0.15, 0.2) is 0 Å². The van der Waals surface area contributed by atoms with E-state index < -0.39 is 11.5 Å². The third-order valence-corrected chi connectivity index (χ3v) is 4.44. The summed E-state index contributed by atoms with van der Waals surface area (Å²) in [5.74, 6) is -0.706. The lowest BCUT2D eigenvalue weighted by Gasteiger charge is -2.23. The summed E-state index contributed by atoms with van der Waals surface area (Å²) in [6.45, 7) is 0. The van der Waals surface area contributed by atoms with E-state index >= 15 is 0 Å². The second-order valence-corrected chi connectivity index (χ2v) is 5.91. The van der Waals surface area contributed by atoms with Crippen LogP contribution in [0.2, 0.25) is 0 Å². The number of benzene rings is 1. The topological polar surface area (TPSA) is 71.3 Å². The van der Waals surface area contributed by atoms with Gasteiger partial charge in [0, 0.05) is 18.5 Å². The smallest absolute Gasteiger partial charge is 0.267 e. The molecule has 1 aromatic heterocycles. The van der Waals surface area contributed by atoms with Gasteiger partial charge < -0.3 is 15.0 Å². The molecule has 1 aliphatic rings. The van der Waals surface area contributed by atoms with Gasteiger partial charge in [0.1, 0.15) is 11.3 Å². The van der Waals surface area contributed by atoms with E-state index in [1.54, 1.807) is 31.3 Å². The molecule has 1 saturated carbocycles. The number of hydrogen-bond acceptors (Lipinski definition) is 3. The van der Waals surface area contributed by atoms with Crippen LogP contribution in [0.1, 0.15) is 42.5 Å². The van der Waals surface area contributed by atoms with E-state index in [9.17, 15) is 14.7 Å². The maximum atomic E-state index is 12.5. The SMILES string of the molecule is Cn1c(=O)c(C(=O)NC2CCCCC2)c(O)c2ccccc21. The van der Waals surface area contributed by atoms with Crippen molar-refractivity contribution in [1.29, 1.82) is 0 Å². The van der Waals surface area contributed by atoms with E-state index in [0.29, 0.717) is 10.9 Å². The number of rotatable bonds is 2. The number of aromatic hydroxyl groups is 1. The Balaban J connectivity index is 2.02. The second kappa shape index (κ2) is 5.83. The summed E-state index contributed by atoms with van der Waals surface area (Å²) in [6.07, 6.45) is 5.23. The molecule has 22 heavy (non-hydrogen) atoms. The third-order valence-electron chi connectivity index (χ3n) is 4.44. The van der Waals surface area contributed by atoms with Gasteiger partial charge in [0.25, 0.3) is 11.5 Å². The van der Waals surface area contributed by atoms with Gasteiger partial charge in [-0.25, -0.2) is 0 Å². The predicted molar refractivity (Wildman–Crippen MR) is 85.2 cm³/mol. The first-order valence-corrected chi connectivity index (χ1v) is 7.71. The van der Waals surface area contributed by atoms with Gasteiger partial charge in [-0.1, -0.05) is 31.4 Å². The molecule has 2 N–H and O–H groups in total. The van der Waals surface area contributed by atoms with Crippen molar-refractivity contribution in [2.24, 2.45) is 7.05 Å². The van der Waals surface area contributed by atoms with E-state index in [4.69, 9.17) is 0 Å². The summed E-state index contributed by atoms with van der Waals surface area (Å²) in [7, 11) is 1.61. The van der Waals surface area contributed by atoms with Crippen LogP contribution >= 0.6 is 0 Å². The van der Waals surface area contributed by atoms with Crippen molar-refractivity contribution < 1.29 is 9.90 Å². The molecule has 0 bridgehead atoms. The van der Waals surface area contributed by atoms with Crippen LogP contribution < -0.4 is 10.9 Å². The summed E-state index contributed by atoms with van der Waals surface area (Å²) in [6, 6.07) is 7.12. The minimum Gasteiger partial charge on any atom is -0.506 e. The first kappa shape index (κ1) is 14.6. The summed E-state index contributed by atoms with van der Waals surface area (Å²) in [5.41, 5.74) is -0.0181. The maximum absolute atomic E-state index is 12.5. The normalized spacial score (nSPS) is 15.9. The zero-order chi connectivity index (χ0) is 15.7. The average Bonchev–Trinajstić information content (AvgIpc) is 2.54. The van der Waals surface area contributed by atoms with E-state index in [0.717, 1.165) is 25.7 Å². The highest BCUT2D eigenvalue weighted by Crippen LogP contribution is 2.26. The second-order valence-electron chi connectivity index (χ2n) is 5.91. The highest BCUT2D eigenvalue weighted by atomic mass is 16.3. The monoisotopic (exact) mass is 300 g/mol. The molecule has 1 fully saturated rings. The quantitative estimate of drug-likeness (QED) is 0.894. The number of carbonyl (C=O) groups excluding carboxylic acids is 1. The Morgan fingerprint density at radius 1 is 1.23 bits per heavy atom. The molecule has 3 rings (SSSR count). The molecule has 0 atom stereocenters. The predicted octanol–water partition coefficient (Wildman–Crippen LogP) is 2.31. The number of para-hydroxylation sites is 1. The van der Waals surface area contributed by atoms with Crippen molar-refractivity contribution in [2.75, 3.05) is 0 Å². The number of aromatic nitrogens is 1. The number of nitrogens with one attached hydrogen (secondary N) is 1. The van der Waals surface area contributed by atoms with E-state index in [1.165, 1.54) is 11.0 Å². The minimum absolute atomic E-state index is 0.0943.